The lowest BCUT2D eigenvalue weighted by atomic mass is 10.2. The maximum atomic E-state index is 11.3. The van der Waals surface area contributed by atoms with Gasteiger partial charge in [0.05, 0.1) is 0 Å². The lowest BCUT2D eigenvalue weighted by Crippen LogP contribution is -2.29. The van der Waals surface area contributed by atoms with Gasteiger partial charge in [-0.1, -0.05) is 22.9 Å². The van der Waals surface area contributed by atoms with Gasteiger partial charge < -0.3 is 10.1 Å². The second-order valence-corrected chi connectivity index (χ2v) is 4.29. The van der Waals surface area contributed by atoms with E-state index in [1.165, 1.54) is 0 Å². The van der Waals surface area contributed by atoms with E-state index in [1.54, 1.807) is 18.2 Å². The summed E-state index contributed by atoms with van der Waals surface area (Å²) in [5, 5.41) is 2.70. The van der Waals surface area contributed by atoms with Crippen molar-refractivity contribution in [3.05, 3.63) is 28.2 Å². The molecule has 1 rings (SSSR count). The number of benzene rings is 1. The van der Waals surface area contributed by atoms with Gasteiger partial charge in [-0.2, -0.15) is 0 Å². The molecule has 1 aromatic rings. The molecule has 0 aliphatic rings. The van der Waals surface area contributed by atoms with Gasteiger partial charge in [0.2, 0.25) is 0 Å². The molecule has 0 atom stereocenters. The van der Waals surface area contributed by atoms with E-state index in [4.69, 9.17) is 4.74 Å². The van der Waals surface area contributed by atoms with Crippen molar-refractivity contribution in [1.29, 1.82) is 0 Å². The van der Waals surface area contributed by atoms with Gasteiger partial charge in [-0.3, -0.25) is 9.59 Å². The quantitative estimate of drug-likeness (QED) is 0.819. The number of ether oxygens (including phenoxy) is 1. The molecule has 1 N–H and O–H groups in total. The Labute approximate surface area is 108 Å². The molecule has 0 aliphatic heterocycles. The first-order valence-corrected chi connectivity index (χ1v) is 6.11. The van der Waals surface area contributed by atoms with Crippen molar-refractivity contribution in [3.8, 4) is 5.75 Å². The van der Waals surface area contributed by atoms with Crippen molar-refractivity contribution in [2.24, 2.45) is 0 Å². The van der Waals surface area contributed by atoms with Gasteiger partial charge in [0, 0.05) is 16.6 Å². The fourth-order valence-electron chi connectivity index (χ4n) is 1.17. The number of hydrogen-bond acceptors (Lipinski definition) is 3. The molecule has 0 saturated heterocycles. The van der Waals surface area contributed by atoms with Crippen LogP contribution in [0.2, 0.25) is 0 Å². The van der Waals surface area contributed by atoms with Crippen LogP contribution in [-0.2, 0) is 4.79 Å². The fraction of sp³-hybridized carbons (Fsp3) is 0.333. The molecule has 0 aliphatic carbocycles. The number of amides is 1. The van der Waals surface area contributed by atoms with Crippen LogP contribution >= 0.6 is 15.9 Å². The van der Waals surface area contributed by atoms with E-state index in [9.17, 15) is 9.59 Å². The van der Waals surface area contributed by atoms with E-state index >= 15 is 0 Å². The van der Waals surface area contributed by atoms with Crippen LogP contribution in [0.1, 0.15) is 23.7 Å². The highest BCUT2D eigenvalue weighted by Crippen LogP contribution is 2.20. The van der Waals surface area contributed by atoms with E-state index in [0.29, 0.717) is 22.3 Å². The Bertz CT molecular complexity index is 407. The lowest BCUT2D eigenvalue weighted by Gasteiger charge is -2.07. The first kappa shape index (κ1) is 13.7. The van der Waals surface area contributed by atoms with E-state index in [2.05, 4.69) is 21.2 Å². The van der Waals surface area contributed by atoms with Crippen LogP contribution in [0.15, 0.2) is 22.7 Å². The molecule has 1 aromatic carbocycles. The van der Waals surface area contributed by atoms with E-state index in [-0.39, 0.29) is 12.5 Å². The highest BCUT2D eigenvalue weighted by atomic mass is 79.9. The van der Waals surface area contributed by atoms with Crippen molar-refractivity contribution in [3.63, 3.8) is 0 Å². The normalized spacial score (nSPS) is 9.76. The molecule has 1 amide bonds. The van der Waals surface area contributed by atoms with Crippen LogP contribution in [0.3, 0.4) is 0 Å². The maximum absolute atomic E-state index is 11.3. The Balaban J connectivity index is 2.52. The summed E-state index contributed by atoms with van der Waals surface area (Å²) in [5.41, 5.74) is 0.497. The molecular formula is C12H14BrNO3. The number of carbonyl (C=O) groups is 2. The third-order valence-corrected chi connectivity index (χ3v) is 2.76. The molecule has 5 heteroatoms. The summed E-state index contributed by atoms with van der Waals surface area (Å²) in [6.07, 6.45) is 1.62. The zero-order valence-electron chi connectivity index (χ0n) is 9.53. The first-order valence-electron chi connectivity index (χ1n) is 5.31. The van der Waals surface area contributed by atoms with Crippen LogP contribution < -0.4 is 10.1 Å². The second kappa shape index (κ2) is 7.06. The number of nitrogens with one attached hydrogen (secondary N) is 1. The van der Waals surface area contributed by atoms with Gasteiger partial charge in [-0.25, -0.2) is 0 Å². The molecule has 0 heterocycles. The highest BCUT2D eigenvalue weighted by molar-refractivity contribution is 9.10. The zero-order valence-corrected chi connectivity index (χ0v) is 11.1. The van der Waals surface area contributed by atoms with Gasteiger partial charge >= 0.3 is 0 Å². The third kappa shape index (κ3) is 4.56. The number of aldehydes is 1. The molecule has 0 unspecified atom stereocenters. The Morgan fingerprint density at radius 1 is 1.53 bits per heavy atom. The zero-order chi connectivity index (χ0) is 12.7. The van der Waals surface area contributed by atoms with E-state index < -0.39 is 0 Å². The third-order valence-electron chi connectivity index (χ3n) is 2.04. The van der Waals surface area contributed by atoms with Crippen LogP contribution in [0.4, 0.5) is 0 Å². The van der Waals surface area contributed by atoms with Crippen molar-refractivity contribution in [2.45, 2.75) is 13.3 Å². The van der Waals surface area contributed by atoms with Gasteiger partial charge in [-0.05, 0) is 24.6 Å². The number of rotatable bonds is 6. The summed E-state index contributed by atoms with van der Waals surface area (Å²) in [4.78, 5) is 22.0. The topological polar surface area (TPSA) is 55.4 Å². The second-order valence-electron chi connectivity index (χ2n) is 3.44. The molecule has 4 nitrogen and oxygen atoms in total. The average molecular weight is 300 g/mol. The van der Waals surface area contributed by atoms with Crippen LogP contribution in [0.25, 0.3) is 0 Å². The molecule has 0 saturated carbocycles. The molecule has 0 fully saturated rings. The Hall–Kier alpha value is -1.36. The van der Waals surface area contributed by atoms with Crippen molar-refractivity contribution in [1.82, 2.24) is 5.32 Å². The first-order chi connectivity index (χ1) is 8.17. The Morgan fingerprint density at radius 3 is 2.94 bits per heavy atom. The molecule has 0 radical (unpaired) electrons. The standard InChI is InChI=1S/C12H14BrNO3/c1-2-5-14-12(16)8-17-10-3-4-11(13)9(6-10)7-15/h3-4,6-7H,2,5,8H2,1H3,(H,14,16). The lowest BCUT2D eigenvalue weighted by molar-refractivity contribution is -0.123. The maximum Gasteiger partial charge on any atom is 0.257 e. The molecule has 0 bridgehead atoms. The van der Waals surface area contributed by atoms with E-state index in [1.807, 2.05) is 6.92 Å². The van der Waals surface area contributed by atoms with Crippen LogP contribution in [0.5, 0.6) is 5.75 Å². The largest absolute Gasteiger partial charge is 0.484 e. The summed E-state index contributed by atoms with van der Waals surface area (Å²) < 4.78 is 5.97. The highest BCUT2D eigenvalue weighted by Gasteiger charge is 2.04. The van der Waals surface area contributed by atoms with Crippen LogP contribution in [-0.4, -0.2) is 25.3 Å². The van der Waals surface area contributed by atoms with Gasteiger partial charge in [0.1, 0.15) is 5.75 Å². The Morgan fingerprint density at radius 2 is 2.29 bits per heavy atom. The van der Waals surface area contributed by atoms with Crippen molar-refractivity contribution >= 4 is 28.1 Å². The molecule has 0 spiro atoms. The SMILES string of the molecule is CCCNC(=O)COc1ccc(Br)c(C=O)c1. The smallest absolute Gasteiger partial charge is 0.257 e. The van der Waals surface area contributed by atoms with Crippen molar-refractivity contribution in [2.75, 3.05) is 13.2 Å². The summed E-state index contributed by atoms with van der Waals surface area (Å²) in [6, 6.07) is 5.00. The van der Waals surface area contributed by atoms with Crippen LogP contribution in [0, 0.1) is 0 Å². The molecule has 17 heavy (non-hydrogen) atoms. The number of carbonyl (C=O) groups excluding carboxylic acids is 2. The van der Waals surface area contributed by atoms with Gasteiger partial charge in [0.25, 0.3) is 5.91 Å². The number of hydrogen-bond donors (Lipinski definition) is 1. The monoisotopic (exact) mass is 299 g/mol. The van der Waals surface area contributed by atoms with E-state index in [0.717, 1.165) is 12.7 Å². The molecular weight excluding hydrogens is 286 g/mol. The predicted octanol–water partition coefficient (Wildman–Crippen LogP) is 2.17. The summed E-state index contributed by atoms with van der Waals surface area (Å²) in [7, 11) is 0. The average Bonchev–Trinajstić information content (AvgIpc) is 2.35. The molecule has 0 aromatic heterocycles. The number of halogens is 1. The summed E-state index contributed by atoms with van der Waals surface area (Å²) in [6.45, 7) is 2.58. The molecule has 92 valence electrons. The Kier molecular flexibility index (Phi) is 5.69. The van der Waals surface area contributed by atoms with Gasteiger partial charge in [0.15, 0.2) is 12.9 Å². The summed E-state index contributed by atoms with van der Waals surface area (Å²) in [5.74, 6) is 0.337. The van der Waals surface area contributed by atoms with Crippen molar-refractivity contribution < 1.29 is 14.3 Å². The minimum atomic E-state index is -0.164. The summed E-state index contributed by atoms with van der Waals surface area (Å²) >= 11 is 3.24. The fourth-order valence-corrected chi connectivity index (χ4v) is 1.51. The minimum absolute atomic E-state index is 0.0417. The van der Waals surface area contributed by atoms with Gasteiger partial charge in [-0.15, -0.1) is 0 Å². The minimum Gasteiger partial charge on any atom is -0.484 e. The predicted molar refractivity (Wildman–Crippen MR) is 68.3 cm³/mol.